The van der Waals surface area contributed by atoms with Crippen molar-refractivity contribution in [2.45, 2.75) is 45.6 Å². The molecule has 1 aromatic carbocycles. The first kappa shape index (κ1) is 15.5. The molecule has 0 N–H and O–H groups in total. The normalized spacial score (nSPS) is 20.4. The molecule has 1 aliphatic heterocycles. The van der Waals surface area contributed by atoms with E-state index in [1.165, 1.54) is 31.4 Å². The summed E-state index contributed by atoms with van der Waals surface area (Å²) in [6.07, 6.45) is 5.37. The Hall–Kier alpha value is -0.860. The number of benzene rings is 1. The zero-order chi connectivity index (χ0) is 14.2. The maximum atomic E-state index is 5.97. The van der Waals surface area contributed by atoms with Crippen LogP contribution in [0.2, 0.25) is 0 Å². The second-order valence-electron chi connectivity index (χ2n) is 5.82. The van der Waals surface area contributed by atoms with Gasteiger partial charge in [-0.2, -0.15) is 0 Å². The number of hydrogen-bond donors (Lipinski definition) is 0. The average molecular weight is 275 g/mol. The van der Waals surface area contributed by atoms with E-state index in [0.717, 1.165) is 26.1 Å². The molecular formula is C18H29NO. The van der Waals surface area contributed by atoms with Gasteiger partial charge in [-0.1, -0.05) is 44.2 Å². The van der Waals surface area contributed by atoms with Gasteiger partial charge in [0, 0.05) is 6.61 Å². The van der Waals surface area contributed by atoms with Gasteiger partial charge in [0.15, 0.2) is 0 Å². The van der Waals surface area contributed by atoms with Crippen LogP contribution in [0, 0.1) is 5.92 Å². The molecule has 1 aliphatic rings. The van der Waals surface area contributed by atoms with Gasteiger partial charge < -0.3 is 9.64 Å². The van der Waals surface area contributed by atoms with Gasteiger partial charge in [-0.05, 0) is 56.8 Å². The Labute approximate surface area is 124 Å². The van der Waals surface area contributed by atoms with Gasteiger partial charge >= 0.3 is 0 Å². The van der Waals surface area contributed by atoms with Crippen molar-refractivity contribution in [1.82, 2.24) is 4.90 Å². The van der Waals surface area contributed by atoms with Gasteiger partial charge in [0.05, 0.1) is 6.10 Å². The Kier molecular flexibility index (Phi) is 6.55. The molecule has 1 aromatic rings. The second-order valence-corrected chi connectivity index (χ2v) is 5.82. The fourth-order valence-electron chi connectivity index (χ4n) is 3.20. The van der Waals surface area contributed by atoms with Crippen LogP contribution < -0.4 is 0 Å². The Bertz CT molecular complexity index is 355. The molecule has 2 heteroatoms. The van der Waals surface area contributed by atoms with E-state index in [1.54, 1.807) is 0 Å². The van der Waals surface area contributed by atoms with Crippen LogP contribution in [0.15, 0.2) is 30.3 Å². The fraction of sp³-hybridized carbons (Fsp3) is 0.667. The number of ether oxygens (including phenoxy) is 1. The van der Waals surface area contributed by atoms with Crippen molar-refractivity contribution in [1.29, 1.82) is 0 Å². The molecule has 1 heterocycles. The molecule has 2 nitrogen and oxygen atoms in total. The lowest BCUT2D eigenvalue weighted by Gasteiger charge is -2.26. The summed E-state index contributed by atoms with van der Waals surface area (Å²) in [6.45, 7) is 8.97. The lowest BCUT2D eigenvalue weighted by atomic mass is 9.89. The van der Waals surface area contributed by atoms with Crippen molar-refractivity contribution in [3.05, 3.63) is 35.9 Å². The molecule has 1 fully saturated rings. The maximum absolute atomic E-state index is 5.97. The molecule has 0 aromatic heterocycles. The molecule has 112 valence electrons. The molecule has 0 saturated carbocycles. The van der Waals surface area contributed by atoms with Gasteiger partial charge in [-0.15, -0.1) is 0 Å². The average Bonchev–Trinajstić information content (AvgIpc) is 3.02. The minimum atomic E-state index is 0.478. The number of hydrogen-bond acceptors (Lipinski definition) is 2. The van der Waals surface area contributed by atoms with Crippen molar-refractivity contribution in [2.75, 3.05) is 26.2 Å². The smallest absolute Gasteiger partial charge is 0.0607 e. The molecule has 0 amide bonds. The molecule has 0 bridgehead atoms. The topological polar surface area (TPSA) is 12.5 Å². The summed E-state index contributed by atoms with van der Waals surface area (Å²) in [5, 5.41) is 0. The van der Waals surface area contributed by atoms with Gasteiger partial charge in [-0.25, -0.2) is 0 Å². The van der Waals surface area contributed by atoms with E-state index >= 15 is 0 Å². The van der Waals surface area contributed by atoms with Gasteiger partial charge in [0.25, 0.3) is 0 Å². The highest BCUT2D eigenvalue weighted by atomic mass is 16.5. The minimum absolute atomic E-state index is 0.478. The van der Waals surface area contributed by atoms with E-state index in [0.29, 0.717) is 12.0 Å². The van der Waals surface area contributed by atoms with E-state index in [9.17, 15) is 0 Å². The van der Waals surface area contributed by atoms with E-state index < -0.39 is 0 Å². The van der Waals surface area contributed by atoms with Crippen LogP contribution in [0.4, 0.5) is 0 Å². The second kappa shape index (κ2) is 8.43. The fourth-order valence-corrected chi connectivity index (χ4v) is 3.20. The SMILES string of the molecule is CCN(CC)CC[C@@H](Cc1ccccc1)[C@@H]1CCCO1. The molecule has 0 radical (unpaired) electrons. The summed E-state index contributed by atoms with van der Waals surface area (Å²) < 4.78 is 5.97. The summed E-state index contributed by atoms with van der Waals surface area (Å²) in [5.41, 5.74) is 1.45. The zero-order valence-corrected chi connectivity index (χ0v) is 13.1. The van der Waals surface area contributed by atoms with Crippen molar-refractivity contribution < 1.29 is 4.74 Å². The van der Waals surface area contributed by atoms with Crippen molar-refractivity contribution in [3.63, 3.8) is 0 Å². The largest absolute Gasteiger partial charge is 0.378 e. The molecule has 0 spiro atoms. The van der Waals surface area contributed by atoms with Crippen LogP contribution in [-0.4, -0.2) is 37.2 Å². The molecule has 0 unspecified atom stereocenters. The third-order valence-corrected chi connectivity index (χ3v) is 4.54. The van der Waals surface area contributed by atoms with E-state index in [1.807, 2.05) is 0 Å². The predicted molar refractivity (Wildman–Crippen MR) is 85.0 cm³/mol. The first-order valence-corrected chi connectivity index (χ1v) is 8.21. The zero-order valence-electron chi connectivity index (χ0n) is 13.1. The first-order valence-electron chi connectivity index (χ1n) is 8.21. The molecular weight excluding hydrogens is 246 g/mol. The summed E-state index contributed by atoms with van der Waals surface area (Å²) in [4.78, 5) is 2.52. The van der Waals surface area contributed by atoms with Crippen LogP contribution >= 0.6 is 0 Å². The quantitative estimate of drug-likeness (QED) is 0.716. The Balaban J connectivity index is 1.93. The number of nitrogens with zero attached hydrogens (tertiary/aromatic N) is 1. The highest BCUT2D eigenvalue weighted by Gasteiger charge is 2.26. The number of rotatable bonds is 8. The first-order chi connectivity index (χ1) is 9.83. The van der Waals surface area contributed by atoms with Crippen molar-refractivity contribution in [3.8, 4) is 0 Å². The molecule has 1 saturated heterocycles. The lowest BCUT2D eigenvalue weighted by Crippen LogP contribution is -2.30. The highest BCUT2D eigenvalue weighted by molar-refractivity contribution is 5.15. The van der Waals surface area contributed by atoms with Crippen LogP contribution in [0.25, 0.3) is 0 Å². The minimum Gasteiger partial charge on any atom is -0.378 e. The van der Waals surface area contributed by atoms with Gasteiger partial charge in [-0.3, -0.25) is 0 Å². The standard InChI is InChI=1S/C18H29NO/c1-3-19(4-2)13-12-17(18-11-8-14-20-18)15-16-9-6-5-7-10-16/h5-7,9-10,17-18H,3-4,8,11-15H2,1-2H3/t17-,18-/m0/s1. The van der Waals surface area contributed by atoms with E-state index in [-0.39, 0.29) is 0 Å². The predicted octanol–water partition coefficient (Wildman–Crippen LogP) is 3.76. The van der Waals surface area contributed by atoms with E-state index in [4.69, 9.17) is 4.74 Å². The molecule has 20 heavy (non-hydrogen) atoms. The van der Waals surface area contributed by atoms with Crippen LogP contribution in [-0.2, 0) is 11.2 Å². The van der Waals surface area contributed by atoms with Crippen LogP contribution in [0.5, 0.6) is 0 Å². The van der Waals surface area contributed by atoms with Crippen molar-refractivity contribution >= 4 is 0 Å². The maximum Gasteiger partial charge on any atom is 0.0607 e. The third kappa shape index (κ3) is 4.60. The third-order valence-electron chi connectivity index (χ3n) is 4.54. The van der Waals surface area contributed by atoms with E-state index in [2.05, 4.69) is 49.1 Å². The molecule has 2 atom stereocenters. The Morgan fingerprint density at radius 1 is 1.20 bits per heavy atom. The van der Waals surface area contributed by atoms with Crippen molar-refractivity contribution in [2.24, 2.45) is 5.92 Å². The summed E-state index contributed by atoms with van der Waals surface area (Å²) in [5.74, 6) is 0.667. The Morgan fingerprint density at radius 3 is 2.55 bits per heavy atom. The molecule has 0 aliphatic carbocycles. The van der Waals surface area contributed by atoms with Gasteiger partial charge in [0.2, 0.25) is 0 Å². The Morgan fingerprint density at radius 2 is 1.95 bits per heavy atom. The summed E-state index contributed by atoms with van der Waals surface area (Å²) in [7, 11) is 0. The lowest BCUT2D eigenvalue weighted by molar-refractivity contribution is 0.0551. The monoisotopic (exact) mass is 275 g/mol. The van der Waals surface area contributed by atoms with Crippen LogP contribution in [0.1, 0.15) is 38.7 Å². The summed E-state index contributed by atoms with van der Waals surface area (Å²) >= 11 is 0. The molecule has 2 rings (SSSR count). The highest BCUT2D eigenvalue weighted by Crippen LogP contribution is 2.26. The summed E-state index contributed by atoms with van der Waals surface area (Å²) in [6, 6.07) is 10.9. The van der Waals surface area contributed by atoms with Gasteiger partial charge in [0.1, 0.15) is 0 Å². The van der Waals surface area contributed by atoms with Crippen LogP contribution in [0.3, 0.4) is 0 Å².